The van der Waals surface area contributed by atoms with E-state index >= 15 is 0 Å². The van der Waals surface area contributed by atoms with Gasteiger partial charge in [0.1, 0.15) is 5.41 Å². The van der Waals surface area contributed by atoms with Gasteiger partial charge in [0.25, 0.3) is 10.1 Å². The Hall–Kier alpha value is -3.97. The van der Waals surface area contributed by atoms with Crippen LogP contribution in [0.3, 0.4) is 0 Å². The van der Waals surface area contributed by atoms with Crippen LogP contribution in [0.4, 0.5) is 0 Å². The Balaban J connectivity index is 0.000000521. The normalized spacial score (nSPS) is 15.8. The van der Waals surface area contributed by atoms with Crippen molar-refractivity contribution in [3.8, 4) is 0 Å². The molecule has 0 bridgehead atoms. The molecule has 1 aromatic heterocycles. The van der Waals surface area contributed by atoms with E-state index in [1.807, 2.05) is 56.6 Å². The average Bonchev–Trinajstić information content (AvgIpc) is 3.11. The van der Waals surface area contributed by atoms with E-state index in [0.29, 0.717) is 24.3 Å². The molecule has 1 aliphatic carbocycles. The van der Waals surface area contributed by atoms with Gasteiger partial charge in [0.2, 0.25) is 11.8 Å². The summed E-state index contributed by atoms with van der Waals surface area (Å²) in [6, 6.07) is 17.2. The number of Topliss-reactive ketones (excluding diaryl/α,β-unsaturated/α-hetero) is 1. The third-order valence-electron chi connectivity index (χ3n) is 9.78. The van der Waals surface area contributed by atoms with Crippen molar-refractivity contribution in [1.29, 1.82) is 0 Å². The fraction of sp³-hybridized carbons (Fsp3) is 0.474. The van der Waals surface area contributed by atoms with Crippen LogP contribution in [-0.4, -0.2) is 40.8 Å². The maximum atomic E-state index is 14.8. The van der Waals surface area contributed by atoms with Gasteiger partial charge in [-0.15, -0.1) is 0 Å². The summed E-state index contributed by atoms with van der Waals surface area (Å²) in [4.78, 5) is 45.8. The molecule has 1 aliphatic rings. The lowest BCUT2D eigenvalue weighted by atomic mass is 9.65. The van der Waals surface area contributed by atoms with Crippen molar-refractivity contribution in [3.05, 3.63) is 95.3 Å². The molecule has 2 aromatic carbocycles. The molecule has 6 N–H and O–H groups in total. The Morgan fingerprint density at radius 2 is 1.66 bits per heavy atom. The number of hydroxylamine groups is 1. The predicted octanol–water partition coefficient (Wildman–Crippen LogP) is 6.18. The van der Waals surface area contributed by atoms with Crippen LogP contribution >= 0.6 is 0 Å². The molecule has 0 aliphatic heterocycles. The second-order valence-corrected chi connectivity index (χ2v) is 14.8. The number of nitrogens with one attached hydrogen (secondary N) is 2. The third kappa shape index (κ3) is 11.0. The highest BCUT2D eigenvalue weighted by atomic mass is 32.2. The molecule has 0 spiro atoms. The molecular weight excluding hydrogens is 657 g/mol. The van der Waals surface area contributed by atoms with Crippen LogP contribution < -0.4 is 16.7 Å². The zero-order valence-electron chi connectivity index (χ0n) is 29.3. The van der Waals surface area contributed by atoms with Gasteiger partial charge in [-0.3, -0.25) is 34.6 Å². The first kappa shape index (κ1) is 40.5. The van der Waals surface area contributed by atoms with Crippen LogP contribution in [0.1, 0.15) is 99.3 Å². The molecule has 0 radical (unpaired) electrons. The zero-order valence-corrected chi connectivity index (χ0v) is 30.1. The zero-order chi connectivity index (χ0) is 36.7. The lowest BCUT2D eigenvalue weighted by Crippen LogP contribution is -2.53. The molecule has 12 heteroatoms. The van der Waals surface area contributed by atoms with Gasteiger partial charge >= 0.3 is 0 Å². The molecule has 50 heavy (non-hydrogen) atoms. The number of hydrogen-bond donors (Lipinski definition) is 5. The maximum absolute atomic E-state index is 14.8. The third-order valence-corrected chi connectivity index (χ3v) is 10.6. The van der Waals surface area contributed by atoms with E-state index in [4.69, 9.17) is 10.4 Å². The number of carbonyl (C=O) groups excluding carboxylic acids is 3. The first-order valence-electron chi connectivity index (χ1n) is 17.4. The summed E-state index contributed by atoms with van der Waals surface area (Å²) >= 11 is 0. The van der Waals surface area contributed by atoms with E-state index in [-0.39, 0.29) is 23.5 Å². The second-order valence-electron chi connectivity index (χ2n) is 13.3. The van der Waals surface area contributed by atoms with Crippen molar-refractivity contribution < 1.29 is 32.6 Å². The number of carbonyl (C=O) groups is 3. The number of amides is 2. The number of aromatic nitrogens is 1. The van der Waals surface area contributed by atoms with Crippen LogP contribution in [-0.2, 0) is 30.9 Å². The smallest absolute Gasteiger partial charge is 0.294 e. The van der Waals surface area contributed by atoms with E-state index in [0.717, 1.165) is 29.5 Å². The summed E-state index contributed by atoms with van der Waals surface area (Å²) in [7, 11) is -4.02. The van der Waals surface area contributed by atoms with Crippen LogP contribution in [0.15, 0.2) is 78.0 Å². The maximum Gasteiger partial charge on any atom is 0.294 e. The molecule has 4 rings (SSSR count). The first-order chi connectivity index (χ1) is 23.9. The Kier molecular flexibility index (Phi) is 15.7. The number of nitrogens with zero attached hydrogens (tertiary/aromatic N) is 1. The molecule has 272 valence electrons. The van der Waals surface area contributed by atoms with Crippen LogP contribution in [0.2, 0.25) is 0 Å². The second kappa shape index (κ2) is 19.4. The standard InChI is InChI=1S/C31H44N4O4.C7H8O3S/c1-3-18-31(30(38)34-32,20-24-13-8-5-9-14-24)28(36)27(26-21-33-19-17-22(26)2)25(29(37)35-39)16-10-15-23-11-6-4-7-12-23;1-6-2-4-7(5-3-6)11(8,9)10/h5,8-9,13-14,17,19,21,23,25,27,39H,3-4,6-7,10-12,15-16,18,20,32H2,1-2H3,(H,34,38)(H,35,37);2-5H,1H3,(H,8,9,10)/t25-,27+,31?;/m0./s1. The lowest BCUT2D eigenvalue weighted by Gasteiger charge is -2.37. The van der Waals surface area contributed by atoms with Gasteiger partial charge in [0.15, 0.2) is 5.78 Å². The van der Waals surface area contributed by atoms with Gasteiger partial charge in [-0.2, -0.15) is 8.42 Å². The summed E-state index contributed by atoms with van der Waals surface area (Å²) in [6.07, 6.45) is 12.4. The number of pyridine rings is 1. The minimum Gasteiger partial charge on any atom is -0.298 e. The van der Waals surface area contributed by atoms with Gasteiger partial charge in [0, 0.05) is 12.4 Å². The van der Waals surface area contributed by atoms with Crippen LogP contribution in [0.5, 0.6) is 0 Å². The number of nitrogens with two attached hydrogens (primary N) is 1. The summed E-state index contributed by atoms with van der Waals surface area (Å²) in [6.45, 7) is 5.63. The lowest BCUT2D eigenvalue weighted by molar-refractivity contribution is -0.148. The van der Waals surface area contributed by atoms with Gasteiger partial charge in [-0.05, 0) is 73.9 Å². The molecule has 3 aromatic rings. The van der Waals surface area contributed by atoms with E-state index in [1.165, 1.54) is 44.2 Å². The quantitative estimate of drug-likeness (QED) is 0.0307. The molecule has 1 unspecified atom stereocenters. The van der Waals surface area contributed by atoms with E-state index < -0.39 is 39.2 Å². The first-order valence-corrected chi connectivity index (χ1v) is 18.8. The summed E-state index contributed by atoms with van der Waals surface area (Å²) < 4.78 is 29.6. The number of aryl methyl sites for hydroxylation is 2. The number of hydrazine groups is 1. The van der Waals surface area contributed by atoms with E-state index in [9.17, 15) is 28.0 Å². The number of benzene rings is 2. The summed E-state index contributed by atoms with van der Waals surface area (Å²) in [5, 5.41) is 9.77. The molecular formula is C38H52N4O7S. The molecule has 1 heterocycles. The molecule has 3 atom stereocenters. The van der Waals surface area contributed by atoms with E-state index in [2.05, 4.69) is 10.4 Å². The van der Waals surface area contributed by atoms with Crippen molar-refractivity contribution in [2.45, 2.75) is 102 Å². The highest BCUT2D eigenvalue weighted by molar-refractivity contribution is 7.85. The minimum atomic E-state index is -4.02. The molecule has 2 amide bonds. The van der Waals surface area contributed by atoms with Gasteiger partial charge in [-0.1, -0.05) is 106 Å². The van der Waals surface area contributed by atoms with Crippen molar-refractivity contribution >= 4 is 27.7 Å². The van der Waals surface area contributed by atoms with Crippen LogP contribution in [0, 0.1) is 31.1 Å². The largest absolute Gasteiger partial charge is 0.298 e. The minimum absolute atomic E-state index is 0.0666. The highest BCUT2D eigenvalue weighted by Crippen LogP contribution is 2.42. The average molecular weight is 709 g/mol. The Morgan fingerprint density at radius 1 is 1.00 bits per heavy atom. The monoisotopic (exact) mass is 708 g/mol. The summed E-state index contributed by atoms with van der Waals surface area (Å²) in [5.74, 6) is 2.88. The number of rotatable bonds is 15. The fourth-order valence-electron chi connectivity index (χ4n) is 7.10. The summed E-state index contributed by atoms with van der Waals surface area (Å²) in [5.41, 5.74) is 5.73. The van der Waals surface area contributed by atoms with Crippen molar-refractivity contribution in [2.24, 2.45) is 23.1 Å². The topological polar surface area (TPSA) is 189 Å². The molecule has 1 fully saturated rings. The Labute approximate surface area is 296 Å². The number of hydrogen-bond acceptors (Lipinski definition) is 8. The van der Waals surface area contributed by atoms with Gasteiger partial charge < -0.3 is 0 Å². The number of ketones is 1. The van der Waals surface area contributed by atoms with E-state index in [1.54, 1.807) is 30.6 Å². The molecule has 11 nitrogen and oxygen atoms in total. The fourth-order valence-corrected chi connectivity index (χ4v) is 7.58. The highest BCUT2D eigenvalue weighted by Gasteiger charge is 2.51. The SMILES string of the molecule is CCCC(Cc1ccccc1)(C(=O)NN)C(=O)[C@@H](c1cnccc1C)[C@H](CCCC1CCCCC1)C(=O)NO.Cc1ccc(S(=O)(=O)O)cc1. The van der Waals surface area contributed by atoms with Gasteiger partial charge in [-0.25, -0.2) is 11.3 Å². The van der Waals surface area contributed by atoms with Crippen LogP contribution in [0.25, 0.3) is 0 Å². The van der Waals surface area contributed by atoms with Gasteiger partial charge in [0.05, 0.1) is 16.7 Å². The van der Waals surface area contributed by atoms with Crippen molar-refractivity contribution in [3.63, 3.8) is 0 Å². The Morgan fingerprint density at radius 3 is 2.22 bits per heavy atom. The predicted molar refractivity (Wildman–Crippen MR) is 191 cm³/mol. The molecule has 1 saturated carbocycles. The van der Waals surface area contributed by atoms with Crippen molar-refractivity contribution in [2.75, 3.05) is 0 Å². The Bertz CT molecular complexity index is 1650. The molecule has 0 saturated heterocycles. The van der Waals surface area contributed by atoms with Crippen molar-refractivity contribution in [1.82, 2.24) is 15.9 Å².